The number of ether oxygens (including phenoxy) is 1. The molecule has 0 aliphatic carbocycles. The quantitative estimate of drug-likeness (QED) is 0.719. The molecule has 0 bridgehead atoms. The van der Waals surface area contributed by atoms with Crippen LogP contribution < -0.4 is 0 Å². The first-order chi connectivity index (χ1) is 7.45. The molecule has 1 aliphatic heterocycles. The average molecular weight is 255 g/mol. The zero-order chi connectivity index (χ0) is 13.5. The summed E-state index contributed by atoms with van der Waals surface area (Å²) >= 11 is 0. The number of carbonyl (C=O) groups excluding carboxylic acids is 1. The number of aliphatic hydroxyl groups is 1. The summed E-state index contributed by atoms with van der Waals surface area (Å²) in [6.07, 6.45) is -6.09. The molecule has 1 saturated heterocycles. The van der Waals surface area contributed by atoms with Gasteiger partial charge in [0.2, 0.25) is 0 Å². The molecule has 1 heterocycles. The van der Waals surface area contributed by atoms with Crippen LogP contribution in [0, 0.1) is 0 Å². The van der Waals surface area contributed by atoms with Crippen molar-refractivity contribution in [3.8, 4) is 0 Å². The lowest BCUT2D eigenvalue weighted by Gasteiger charge is -2.27. The number of amides is 1. The number of β-amino-alcohol motifs (C(OH)–C–C–N with tert-alkyl or cyclic N) is 1. The van der Waals surface area contributed by atoms with Crippen molar-refractivity contribution in [2.24, 2.45) is 0 Å². The topological polar surface area (TPSA) is 49.8 Å². The third-order valence-corrected chi connectivity index (χ3v) is 2.43. The molecule has 17 heavy (non-hydrogen) atoms. The van der Waals surface area contributed by atoms with Crippen molar-refractivity contribution in [1.82, 2.24) is 4.90 Å². The number of alkyl halides is 3. The van der Waals surface area contributed by atoms with Crippen LogP contribution in [0.25, 0.3) is 0 Å². The Balaban J connectivity index is 2.65. The molecule has 0 aromatic heterocycles. The van der Waals surface area contributed by atoms with Gasteiger partial charge in [-0.1, -0.05) is 0 Å². The fraction of sp³-hybridized carbons (Fsp3) is 0.900. The normalized spacial score (nSPS) is 26.2. The molecule has 1 rings (SSSR count). The Morgan fingerprint density at radius 3 is 2.24 bits per heavy atom. The molecular formula is C10H16F3NO3. The molecule has 1 N–H and O–H groups in total. The second kappa shape index (κ2) is 4.04. The van der Waals surface area contributed by atoms with Gasteiger partial charge in [-0.05, 0) is 20.8 Å². The molecule has 1 amide bonds. The van der Waals surface area contributed by atoms with Gasteiger partial charge < -0.3 is 14.7 Å². The van der Waals surface area contributed by atoms with Gasteiger partial charge in [-0.25, -0.2) is 4.79 Å². The van der Waals surface area contributed by atoms with Gasteiger partial charge in [0.25, 0.3) is 0 Å². The third-order valence-electron chi connectivity index (χ3n) is 2.43. The van der Waals surface area contributed by atoms with Crippen LogP contribution in [0.2, 0.25) is 0 Å². The molecule has 0 spiro atoms. The van der Waals surface area contributed by atoms with Crippen LogP contribution in [0.4, 0.5) is 18.0 Å². The summed E-state index contributed by atoms with van der Waals surface area (Å²) < 4.78 is 42.4. The van der Waals surface area contributed by atoms with Crippen LogP contribution in [0.15, 0.2) is 0 Å². The molecule has 1 aliphatic rings. The zero-order valence-corrected chi connectivity index (χ0v) is 9.97. The molecule has 1 fully saturated rings. The summed E-state index contributed by atoms with van der Waals surface area (Å²) in [5, 5.41) is 9.37. The van der Waals surface area contributed by atoms with Crippen molar-refractivity contribution >= 4 is 6.09 Å². The van der Waals surface area contributed by atoms with Gasteiger partial charge in [-0.3, -0.25) is 0 Å². The molecule has 100 valence electrons. The lowest BCUT2D eigenvalue weighted by Crippen LogP contribution is -2.48. The highest BCUT2D eigenvalue weighted by molar-refractivity contribution is 5.68. The maximum Gasteiger partial charge on any atom is 0.419 e. The number of halogens is 3. The first-order valence-corrected chi connectivity index (χ1v) is 5.22. The molecule has 0 radical (unpaired) electrons. The second-order valence-corrected chi connectivity index (χ2v) is 5.18. The summed E-state index contributed by atoms with van der Waals surface area (Å²) in [6.45, 7) is 3.93. The lowest BCUT2D eigenvalue weighted by atomic mass is 10.0. The van der Waals surface area contributed by atoms with Crippen LogP contribution in [-0.2, 0) is 4.74 Å². The Labute approximate surface area is 97.3 Å². The maximum atomic E-state index is 12.5. The highest BCUT2D eigenvalue weighted by Gasteiger charge is 2.58. The first-order valence-electron chi connectivity index (χ1n) is 5.22. The molecule has 0 unspecified atom stereocenters. The van der Waals surface area contributed by atoms with E-state index in [-0.39, 0.29) is 6.54 Å². The number of hydrogen-bond donors (Lipinski definition) is 1. The highest BCUT2D eigenvalue weighted by Crippen LogP contribution is 2.37. The standard InChI is InChI=1S/C10H16F3NO3/c1-8(2,3)17-7(15)14-5-4-9(16,6-14)10(11,12)13/h16H,4-6H2,1-3H3/t9-/m1/s1. The average Bonchev–Trinajstić information content (AvgIpc) is 2.44. The van der Waals surface area contributed by atoms with Gasteiger partial charge >= 0.3 is 12.3 Å². The minimum Gasteiger partial charge on any atom is -0.444 e. The first kappa shape index (κ1) is 14.1. The SMILES string of the molecule is CC(C)(C)OC(=O)N1CC[C@](O)(C(F)(F)F)C1. The van der Waals surface area contributed by atoms with E-state index in [0.717, 1.165) is 4.90 Å². The third kappa shape index (κ3) is 3.24. The van der Waals surface area contributed by atoms with Crippen LogP contribution in [-0.4, -0.2) is 46.6 Å². The number of likely N-dealkylation sites (tertiary alicyclic amines) is 1. The van der Waals surface area contributed by atoms with Gasteiger partial charge in [-0.2, -0.15) is 13.2 Å². The van der Waals surface area contributed by atoms with E-state index >= 15 is 0 Å². The molecule has 0 saturated carbocycles. The number of nitrogens with zero attached hydrogens (tertiary/aromatic N) is 1. The predicted molar refractivity (Wildman–Crippen MR) is 53.4 cm³/mol. The minimum atomic E-state index is -4.73. The van der Waals surface area contributed by atoms with E-state index in [1.165, 1.54) is 0 Å². The van der Waals surface area contributed by atoms with Crippen LogP contribution >= 0.6 is 0 Å². The number of rotatable bonds is 0. The van der Waals surface area contributed by atoms with Gasteiger partial charge in [0.05, 0.1) is 6.54 Å². The maximum absolute atomic E-state index is 12.5. The Morgan fingerprint density at radius 2 is 1.88 bits per heavy atom. The smallest absolute Gasteiger partial charge is 0.419 e. The Morgan fingerprint density at radius 1 is 1.35 bits per heavy atom. The largest absolute Gasteiger partial charge is 0.444 e. The van der Waals surface area contributed by atoms with Crippen LogP contribution in [0.3, 0.4) is 0 Å². The Bertz CT molecular complexity index is 311. The van der Waals surface area contributed by atoms with Crippen molar-refractivity contribution in [2.75, 3.05) is 13.1 Å². The highest BCUT2D eigenvalue weighted by atomic mass is 19.4. The van der Waals surface area contributed by atoms with E-state index < -0.39 is 36.4 Å². The van der Waals surface area contributed by atoms with E-state index in [1.807, 2.05) is 0 Å². The molecule has 0 aromatic carbocycles. The minimum absolute atomic E-state index is 0.162. The van der Waals surface area contributed by atoms with Crippen LogP contribution in [0.1, 0.15) is 27.2 Å². The fourth-order valence-electron chi connectivity index (χ4n) is 1.51. The van der Waals surface area contributed by atoms with E-state index in [0.29, 0.717) is 0 Å². The summed E-state index contributed by atoms with van der Waals surface area (Å²) in [4.78, 5) is 12.4. The molecule has 1 atom stereocenters. The number of carbonyl (C=O) groups is 1. The monoisotopic (exact) mass is 255 g/mol. The van der Waals surface area contributed by atoms with Crippen molar-refractivity contribution < 1.29 is 27.8 Å². The summed E-state index contributed by atoms with van der Waals surface area (Å²) in [7, 11) is 0. The van der Waals surface area contributed by atoms with Crippen molar-refractivity contribution in [3.05, 3.63) is 0 Å². The second-order valence-electron chi connectivity index (χ2n) is 5.18. The van der Waals surface area contributed by atoms with E-state index in [1.54, 1.807) is 20.8 Å². The summed E-state index contributed by atoms with van der Waals surface area (Å²) in [6, 6.07) is 0. The van der Waals surface area contributed by atoms with E-state index in [9.17, 15) is 23.1 Å². The molecule has 4 nitrogen and oxygen atoms in total. The lowest BCUT2D eigenvalue weighted by molar-refractivity contribution is -0.253. The van der Waals surface area contributed by atoms with E-state index in [2.05, 4.69) is 0 Å². The molecule has 0 aromatic rings. The van der Waals surface area contributed by atoms with Crippen molar-refractivity contribution in [1.29, 1.82) is 0 Å². The summed E-state index contributed by atoms with van der Waals surface area (Å²) in [5.74, 6) is 0. The predicted octanol–water partition coefficient (Wildman–Crippen LogP) is 1.92. The molecular weight excluding hydrogens is 239 g/mol. The van der Waals surface area contributed by atoms with Gasteiger partial charge in [0.15, 0.2) is 5.60 Å². The van der Waals surface area contributed by atoms with Gasteiger partial charge in [0.1, 0.15) is 5.60 Å². The van der Waals surface area contributed by atoms with E-state index in [4.69, 9.17) is 4.74 Å². The van der Waals surface area contributed by atoms with Gasteiger partial charge in [-0.15, -0.1) is 0 Å². The molecule has 7 heteroatoms. The van der Waals surface area contributed by atoms with Crippen molar-refractivity contribution in [2.45, 2.75) is 44.6 Å². The Hall–Kier alpha value is -0.980. The summed E-state index contributed by atoms with van der Waals surface area (Å²) in [5.41, 5.74) is -3.58. The number of hydrogen-bond acceptors (Lipinski definition) is 3. The Kier molecular flexibility index (Phi) is 3.35. The van der Waals surface area contributed by atoms with Crippen molar-refractivity contribution in [3.63, 3.8) is 0 Å². The van der Waals surface area contributed by atoms with Gasteiger partial charge in [0, 0.05) is 13.0 Å². The van der Waals surface area contributed by atoms with Crippen LogP contribution in [0.5, 0.6) is 0 Å². The fourth-order valence-corrected chi connectivity index (χ4v) is 1.51. The zero-order valence-electron chi connectivity index (χ0n) is 9.97.